The quantitative estimate of drug-likeness (QED) is 0.695. The van der Waals surface area contributed by atoms with Gasteiger partial charge in [-0.15, -0.1) is 0 Å². The van der Waals surface area contributed by atoms with Crippen molar-refractivity contribution in [2.24, 2.45) is 5.73 Å². The Morgan fingerprint density at radius 1 is 1.14 bits per heavy atom. The second-order valence-electron chi connectivity index (χ2n) is 5.79. The summed E-state index contributed by atoms with van der Waals surface area (Å²) in [5, 5.41) is 0. The van der Waals surface area contributed by atoms with E-state index in [1.807, 2.05) is 0 Å². The normalized spacial score (nSPS) is 19.8. The number of hydrogen-bond acceptors (Lipinski definition) is 8. The summed E-state index contributed by atoms with van der Waals surface area (Å²) < 4.78 is 53.8. The molecule has 0 saturated heterocycles. The lowest BCUT2D eigenvalue weighted by Gasteiger charge is -2.15. The van der Waals surface area contributed by atoms with Crippen LogP contribution in [0.15, 0.2) is 60.2 Å². The maximum atomic E-state index is 12.9. The smallest absolute Gasteiger partial charge is 0.313 e. The van der Waals surface area contributed by atoms with Crippen molar-refractivity contribution in [3.63, 3.8) is 0 Å². The minimum atomic E-state index is -4.22. The Bertz CT molecular complexity index is 1070. The molecule has 1 heterocycles. The maximum absolute atomic E-state index is 12.9. The first kappa shape index (κ1) is 18.2. The van der Waals surface area contributed by atoms with Crippen LogP contribution in [0.4, 0.5) is 0 Å². The summed E-state index contributed by atoms with van der Waals surface area (Å²) in [5.74, 6) is -2.40. The molecule has 0 aromatic heterocycles. The van der Waals surface area contributed by atoms with Crippen LogP contribution in [0.25, 0.3) is 0 Å². The van der Waals surface area contributed by atoms with Gasteiger partial charge < -0.3 is 24.1 Å². The first-order valence-corrected chi connectivity index (χ1v) is 9.70. The highest BCUT2D eigenvalue weighted by atomic mass is 32.2. The third-order valence-corrected chi connectivity index (χ3v) is 5.00. The molecule has 9 heteroatoms. The highest BCUT2D eigenvalue weighted by Gasteiger charge is 2.41. The van der Waals surface area contributed by atoms with Gasteiger partial charge in [0.1, 0.15) is 17.3 Å². The van der Waals surface area contributed by atoms with Crippen molar-refractivity contribution >= 4 is 15.9 Å². The number of ether oxygens (including phenoxy) is 3. The third kappa shape index (κ3) is 4.04. The molecule has 1 atom stereocenters. The maximum Gasteiger partial charge on any atom is 0.313 e. The molecule has 28 heavy (non-hydrogen) atoms. The van der Waals surface area contributed by atoms with E-state index in [4.69, 9.17) is 25.5 Å². The Morgan fingerprint density at radius 2 is 1.86 bits per heavy atom. The molecule has 0 fully saturated rings. The van der Waals surface area contributed by atoms with Gasteiger partial charge in [0.05, 0.1) is 15.6 Å². The van der Waals surface area contributed by atoms with Crippen LogP contribution in [0.3, 0.4) is 0 Å². The second kappa shape index (κ2) is 7.81. The third-order valence-electron chi connectivity index (χ3n) is 3.90. The number of Topliss-reactive ketones (excluding diaryl/α,β-unsaturated/α-hetero) is 1. The van der Waals surface area contributed by atoms with Gasteiger partial charge in [-0.1, -0.05) is 30.3 Å². The first-order chi connectivity index (χ1) is 13.7. The summed E-state index contributed by atoms with van der Waals surface area (Å²) in [7, 11) is -1.46. The zero-order chi connectivity index (χ0) is 21.2. The van der Waals surface area contributed by atoms with Gasteiger partial charge in [0.25, 0.3) is 0 Å². The van der Waals surface area contributed by atoms with E-state index in [2.05, 4.69) is 0 Å². The van der Waals surface area contributed by atoms with Crippen LogP contribution in [0.5, 0.6) is 11.5 Å². The average Bonchev–Trinajstić information content (AvgIpc) is 2.91. The van der Waals surface area contributed by atoms with Crippen LogP contribution in [0, 0.1) is 0 Å². The van der Waals surface area contributed by atoms with Crippen LogP contribution in [-0.4, -0.2) is 28.4 Å². The summed E-state index contributed by atoms with van der Waals surface area (Å²) in [6.07, 6.45) is -2.39. The second-order valence-corrected chi connectivity index (χ2v) is 7.36. The average molecular weight is 406 g/mol. The van der Waals surface area contributed by atoms with Gasteiger partial charge in [-0.05, 0) is 23.8 Å². The lowest BCUT2D eigenvalue weighted by Crippen LogP contribution is -2.16. The number of methoxy groups -OCH3 is 2. The molecule has 0 saturated carbocycles. The Morgan fingerprint density at radius 3 is 2.50 bits per heavy atom. The SMILES string of the molecule is [2H][C@@]1(c2cc(OC)ccc2OC)OC(N)=C(OS(=O)(=O)Cc2ccccc2)C1=O. The molecule has 1 aliphatic rings. The summed E-state index contributed by atoms with van der Waals surface area (Å²) >= 11 is 0. The molecule has 0 amide bonds. The summed E-state index contributed by atoms with van der Waals surface area (Å²) in [5.41, 5.74) is 6.15. The highest BCUT2D eigenvalue weighted by molar-refractivity contribution is 7.86. The number of nitrogens with two attached hydrogens (primary N) is 1. The Hall–Kier alpha value is -3.20. The Kier molecular flexibility index (Phi) is 5.07. The predicted molar refractivity (Wildman–Crippen MR) is 99.7 cm³/mol. The molecule has 0 spiro atoms. The molecule has 0 aliphatic carbocycles. The van der Waals surface area contributed by atoms with Gasteiger partial charge in [-0.2, -0.15) is 8.42 Å². The Labute approximate surface area is 164 Å². The van der Waals surface area contributed by atoms with Crippen LogP contribution in [0.2, 0.25) is 0 Å². The van der Waals surface area contributed by atoms with Crippen molar-refractivity contribution in [1.29, 1.82) is 0 Å². The van der Waals surface area contributed by atoms with E-state index in [0.29, 0.717) is 11.3 Å². The number of rotatable bonds is 7. The van der Waals surface area contributed by atoms with E-state index in [1.54, 1.807) is 36.4 Å². The molecular formula is C19H19NO7S. The lowest BCUT2D eigenvalue weighted by atomic mass is 10.0. The number of hydrogen-bond donors (Lipinski definition) is 1. The topological polar surface area (TPSA) is 114 Å². The monoisotopic (exact) mass is 406 g/mol. The van der Waals surface area contributed by atoms with Gasteiger partial charge >= 0.3 is 10.1 Å². The summed E-state index contributed by atoms with van der Waals surface area (Å²) in [6.45, 7) is 0. The summed E-state index contributed by atoms with van der Waals surface area (Å²) in [4.78, 5) is 12.9. The molecule has 3 rings (SSSR count). The fraction of sp³-hybridized carbons (Fsp3) is 0.211. The van der Waals surface area contributed by atoms with E-state index < -0.39 is 39.4 Å². The van der Waals surface area contributed by atoms with E-state index in [1.165, 1.54) is 26.4 Å². The minimum Gasteiger partial charge on any atom is -0.497 e. The van der Waals surface area contributed by atoms with E-state index in [9.17, 15) is 13.2 Å². The van der Waals surface area contributed by atoms with Gasteiger partial charge in [0.15, 0.2) is 6.08 Å². The first-order valence-electron chi connectivity index (χ1n) is 8.62. The van der Waals surface area contributed by atoms with Crippen molar-refractivity contribution < 1.29 is 33.0 Å². The van der Waals surface area contributed by atoms with Crippen molar-refractivity contribution in [1.82, 2.24) is 0 Å². The van der Waals surface area contributed by atoms with E-state index in [-0.39, 0.29) is 11.3 Å². The summed E-state index contributed by atoms with van der Waals surface area (Å²) in [6, 6.07) is 12.7. The van der Waals surface area contributed by atoms with Crippen molar-refractivity contribution in [3.8, 4) is 11.5 Å². The van der Waals surface area contributed by atoms with Gasteiger partial charge in [0, 0.05) is 5.56 Å². The Balaban J connectivity index is 1.91. The van der Waals surface area contributed by atoms with Crippen LogP contribution in [0.1, 0.15) is 18.6 Å². The van der Waals surface area contributed by atoms with Crippen LogP contribution >= 0.6 is 0 Å². The zero-order valence-corrected chi connectivity index (χ0v) is 16.0. The van der Waals surface area contributed by atoms with Gasteiger partial charge in [-0.3, -0.25) is 4.79 Å². The molecule has 0 bridgehead atoms. The largest absolute Gasteiger partial charge is 0.497 e. The number of ketones is 1. The van der Waals surface area contributed by atoms with Crippen molar-refractivity contribution in [2.45, 2.75) is 11.8 Å². The molecular weight excluding hydrogens is 386 g/mol. The van der Waals surface area contributed by atoms with E-state index in [0.717, 1.165) is 0 Å². The van der Waals surface area contributed by atoms with Gasteiger partial charge in [-0.25, -0.2) is 0 Å². The highest BCUT2D eigenvalue weighted by Crippen LogP contribution is 2.38. The predicted octanol–water partition coefficient (Wildman–Crippen LogP) is 2.02. The number of benzene rings is 2. The number of carbonyl (C=O) groups is 1. The van der Waals surface area contributed by atoms with Crippen LogP contribution < -0.4 is 15.2 Å². The molecule has 0 radical (unpaired) electrons. The molecule has 2 aromatic carbocycles. The molecule has 8 nitrogen and oxygen atoms in total. The molecule has 148 valence electrons. The lowest BCUT2D eigenvalue weighted by molar-refractivity contribution is -0.123. The molecule has 2 N–H and O–H groups in total. The van der Waals surface area contributed by atoms with E-state index >= 15 is 0 Å². The number of carbonyl (C=O) groups excluding carboxylic acids is 1. The fourth-order valence-corrected chi connectivity index (χ4v) is 3.67. The van der Waals surface area contributed by atoms with Crippen LogP contribution in [-0.2, 0) is 29.6 Å². The molecule has 0 unspecified atom stereocenters. The molecule has 1 aliphatic heterocycles. The molecule has 2 aromatic rings. The standard InChI is InChI=1S/C19H19NO7S/c1-24-13-8-9-15(25-2)14(10-13)17-16(21)18(19(20)26-17)27-28(22,23)11-12-6-4-3-5-7-12/h3-10,17H,11,20H2,1-2H3/t17-/m0/s1/i17D. The van der Waals surface area contributed by atoms with Crippen molar-refractivity contribution in [3.05, 3.63) is 71.3 Å². The zero-order valence-electron chi connectivity index (χ0n) is 16.2. The minimum absolute atomic E-state index is 0.00800. The van der Waals surface area contributed by atoms with Crippen molar-refractivity contribution in [2.75, 3.05) is 14.2 Å². The fourth-order valence-electron chi connectivity index (χ4n) is 2.60. The van der Waals surface area contributed by atoms with Gasteiger partial charge in [0.2, 0.25) is 17.4 Å².